The molecule has 2 nitrogen and oxygen atoms in total. The molecule has 0 radical (unpaired) electrons. The molecule has 2 heteroatoms. The quantitative estimate of drug-likeness (QED) is 0.866. The Morgan fingerprint density at radius 2 is 1.73 bits per heavy atom. The van der Waals surface area contributed by atoms with Crippen molar-refractivity contribution in [2.24, 2.45) is 0 Å². The first-order valence-electron chi connectivity index (χ1n) is 8.29. The SMILES string of the molecule is CCCNc1ccccc1C1NC(C)(C)Cc2ccccc21. The highest BCUT2D eigenvalue weighted by Gasteiger charge is 2.32. The molecule has 0 saturated carbocycles. The summed E-state index contributed by atoms with van der Waals surface area (Å²) in [4.78, 5) is 0. The summed E-state index contributed by atoms with van der Waals surface area (Å²) in [6.45, 7) is 7.79. The van der Waals surface area contributed by atoms with E-state index >= 15 is 0 Å². The zero-order valence-corrected chi connectivity index (χ0v) is 13.8. The van der Waals surface area contributed by atoms with Gasteiger partial charge >= 0.3 is 0 Å². The van der Waals surface area contributed by atoms with Crippen molar-refractivity contribution < 1.29 is 0 Å². The van der Waals surface area contributed by atoms with Crippen molar-refractivity contribution in [2.45, 2.75) is 45.2 Å². The molecular formula is C20H26N2. The second kappa shape index (κ2) is 6.13. The highest BCUT2D eigenvalue weighted by atomic mass is 15.0. The molecule has 1 aliphatic heterocycles. The third-order valence-corrected chi connectivity index (χ3v) is 4.37. The molecule has 22 heavy (non-hydrogen) atoms. The smallest absolute Gasteiger partial charge is 0.0604 e. The lowest BCUT2D eigenvalue weighted by Gasteiger charge is -2.39. The van der Waals surface area contributed by atoms with Crippen molar-refractivity contribution in [3.05, 3.63) is 65.2 Å². The van der Waals surface area contributed by atoms with E-state index in [1.54, 1.807) is 0 Å². The van der Waals surface area contributed by atoms with Gasteiger partial charge in [-0.15, -0.1) is 0 Å². The van der Waals surface area contributed by atoms with Crippen molar-refractivity contribution in [1.29, 1.82) is 0 Å². The van der Waals surface area contributed by atoms with Crippen LogP contribution in [0.1, 0.15) is 49.9 Å². The molecule has 2 N–H and O–H groups in total. The molecule has 0 aromatic heterocycles. The van der Waals surface area contributed by atoms with E-state index in [0.29, 0.717) is 0 Å². The second-order valence-corrected chi connectivity index (χ2v) is 6.85. The minimum absolute atomic E-state index is 0.108. The molecule has 0 spiro atoms. The Morgan fingerprint density at radius 1 is 1.05 bits per heavy atom. The van der Waals surface area contributed by atoms with Crippen molar-refractivity contribution in [1.82, 2.24) is 5.32 Å². The minimum atomic E-state index is 0.108. The van der Waals surface area contributed by atoms with E-state index in [1.165, 1.54) is 22.4 Å². The van der Waals surface area contributed by atoms with Gasteiger partial charge in [0.15, 0.2) is 0 Å². The van der Waals surface area contributed by atoms with E-state index in [9.17, 15) is 0 Å². The number of rotatable bonds is 4. The largest absolute Gasteiger partial charge is 0.385 e. The maximum absolute atomic E-state index is 3.84. The maximum atomic E-state index is 3.84. The van der Waals surface area contributed by atoms with Crippen LogP contribution in [0.2, 0.25) is 0 Å². The Balaban J connectivity index is 2.04. The van der Waals surface area contributed by atoms with Crippen LogP contribution in [-0.2, 0) is 6.42 Å². The minimum Gasteiger partial charge on any atom is -0.385 e. The Morgan fingerprint density at radius 3 is 2.50 bits per heavy atom. The fourth-order valence-corrected chi connectivity index (χ4v) is 3.39. The lowest BCUT2D eigenvalue weighted by Crippen LogP contribution is -2.47. The summed E-state index contributed by atoms with van der Waals surface area (Å²) in [6.07, 6.45) is 2.21. The molecule has 1 heterocycles. The molecule has 1 atom stereocenters. The van der Waals surface area contributed by atoms with Crippen LogP contribution in [0.5, 0.6) is 0 Å². The number of benzene rings is 2. The summed E-state index contributed by atoms with van der Waals surface area (Å²) in [5, 5.41) is 7.42. The number of fused-ring (bicyclic) bond motifs is 1. The van der Waals surface area contributed by atoms with Crippen LogP contribution < -0.4 is 10.6 Å². The van der Waals surface area contributed by atoms with Gasteiger partial charge < -0.3 is 10.6 Å². The summed E-state index contributed by atoms with van der Waals surface area (Å²) in [6, 6.07) is 17.8. The zero-order valence-electron chi connectivity index (χ0n) is 13.8. The van der Waals surface area contributed by atoms with Crippen LogP contribution in [-0.4, -0.2) is 12.1 Å². The van der Waals surface area contributed by atoms with Crippen molar-refractivity contribution in [2.75, 3.05) is 11.9 Å². The molecule has 0 fully saturated rings. The van der Waals surface area contributed by atoms with Gasteiger partial charge in [-0.1, -0.05) is 49.4 Å². The Kier molecular flexibility index (Phi) is 4.21. The molecule has 3 rings (SSSR count). The molecule has 0 amide bonds. The van der Waals surface area contributed by atoms with E-state index in [-0.39, 0.29) is 11.6 Å². The second-order valence-electron chi connectivity index (χ2n) is 6.85. The summed E-state index contributed by atoms with van der Waals surface area (Å²) in [5.41, 5.74) is 5.57. The Labute approximate surface area is 134 Å². The lowest BCUT2D eigenvalue weighted by molar-refractivity contribution is 0.333. The van der Waals surface area contributed by atoms with Crippen molar-refractivity contribution in [3.8, 4) is 0 Å². The topological polar surface area (TPSA) is 24.1 Å². The van der Waals surface area contributed by atoms with Crippen molar-refractivity contribution in [3.63, 3.8) is 0 Å². The average molecular weight is 294 g/mol. The number of para-hydroxylation sites is 1. The molecule has 2 aromatic carbocycles. The van der Waals surface area contributed by atoms with E-state index in [1.807, 2.05) is 0 Å². The van der Waals surface area contributed by atoms with Crippen molar-refractivity contribution >= 4 is 5.69 Å². The fraction of sp³-hybridized carbons (Fsp3) is 0.400. The van der Waals surface area contributed by atoms with E-state index in [4.69, 9.17) is 0 Å². The first-order valence-corrected chi connectivity index (χ1v) is 8.29. The molecule has 1 aliphatic rings. The molecule has 0 aliphatic carbocycles. The monoisotopic (exact) mass is 294 g/mol. The third kappa shape index (κ3) is 3.02. The van der Waals surface area contributed by atoms with Crippen LogP contribution in [0.15, 0.2) is 48.5 Å². The van der Waals surface area contributed by atoms with Gasteiger partial charge in [0.1, 0.15) is 0 Å². The number of anilines is 1. The van der Waals surface area contributed by atoms with Crippen LogP contribution in [0.25, 0.3) is 0 Å². The highest BCUT2D eigenvalue weighted by Crippen LogP contribution is 2.36. The van der Waals surface area contributed by atoms with Crippen LogP contribution in [0.3, 0.4) is 0 Å². The van der Waals surface area contributed by atoms with Crippen LogP contribution in [0, 0.1) is 0 Å². The van der Waals surface area contributed by atoms with Gasteiger partial charge in [-0.3, -0.25) is 0 Å². The van der Waals surface area contributed by atoms with E-state index < -0.39 is 0 Å². The summed E-state index contributed by atoms with van der Waals surface area (Å²) >= 11 is 0. The van der Waals surface area contributed by atoms with E-state index in [0.717, 1.165) is 19.4 Å². The average Bonchev–Trinajstić information content (AvgIpc) is 2.51. The normalized spacial score (nSPS) is 19.5. The molecule has 1 unspecified atom stereocenters. The predicted molar refractivity (Wildman–Crippen MR) is 94.4 cm³/mol. The standard InChI is InChI=1S/C20H26N2/c1-4-13-21-18-12-8-7-11-17(18)19-16-10-6-5-9-15(16)14-20(2,3)22-19/h5-12,19,21-22H,4,13-14H2,1-3H3. The van der Waals surface area contributed by atoms with Gasteiger partial charge in [-0.25, -0.2) is 0 Å². The van der Waals surface area contributed by atoms with Crippen LogP contribution >= 0.6 is 0 Å². The van der Waals surface area contributed by atoms with Crippen LogP contribution in [0.4, 0.5) is 5.69 Å². The Bertz CT molecular complexity index is 646. The van der Waals surface area contributed by atoms with Gasteiger partial charge in [0, 0.05) is 17.8 Å². The highest BCUT2D eigenvalue weighted by molar-refractivity contribution is 5.56. The van der Waals surface area contributed by atoms with Gasteiger partial charge in [0.05, 0.1) is 6.04 Å². The van der Waals surface area contributed by atoms with Gasteiger partial charge in [0.2, 0.25) is 0 Å². The summed E-state index contributed by atoms with van der Waals surface area (Å²) in [7, 11) is 0. The van der Waals surface area contributed by atoms with E-state index in [2.05, 4.69) is 79.9 Å². The van der Waals surface area contributed by atoms with Gasteiger partial charge in [-0.2, -0.15) is 0 Å². The predicted octanol–water partition coefficient (Wildman–Crippen LogP) is 4.52. The summed E-state index contributed by atoms with van der Waals surface area (Å²) < 4.78 is 0. The summed E-state index contributed by atoms with van der Waals surface area (Å²) in [5.74, 6) is 0. The molecule has 0 saturated heterocycles. The molecule has 0 bridgehead atoms. The van der Waals surface area contributed by atoms with Gasteiger partial charge in [-0.05, 0) is 49.4 Å². The van der Waals surface area contributed by atoms with Gasteiger partial charge in [0.25, 0.3) is 0 Å². The molecular weight excluding hydrogens is 268 g/mol. The third-order valence-electron chi connectivity index (χ3n) is 4.37. The fourth-order valence-electron chi connectivity index (χ4n) is 3.39. The molecule has 2 aromatic rings. The first-order chi connectivity index (χ1) is 10.6. The number of nitrogens with one attached hydrogen (secondary N) is 2. The Hall–Kier alpha value is -1.80. The lowest BCUT2D eigenvalue weighted by atomic mass is 9.81. The molecule has 116 valence electrons. The first kappa shape index (κ1) is 15.1. The number of hydrogen-bond acceptors (Lipinski definition) is 2. The number of hydrogen-bond donors (Lipinski definition) is 2. The zero-order chi connectivity index (χ0) is 15.6. The maximum Gasteiger partial charge on any atom is 0.0604 e.